The van der Waals surface area contributed by atoms with Crippen LogP contribution in [0.3, 0.4) is 0 Å². The molecule has 2 aromatic heterocycles. The van der Waals surface area contributed by atoms with Crippen LogP contribution in [0.5, 0.6) is 11.5 Å². The molecule has 2 heterocycles. The van der Waals surface area contributed by atoms with Gasteiger partial charge < -0.3 is 14.4 Å². The van der Waals surface area contributed by atoms with E-state index in [4.69, 9.17) is 9.47 Å². The maximum absolute atomic E-state index is 5.31. The molecule has 6 nitrogen and oxygen atoms in total. The highest BCUT2D eigenvalue weighted by Gasteiger charge is 2.08. The SMILES string of the molecule is COc1cc(CN(C)c2ccn3nccc3n2)cc(OC)c1. The Labute approximate surface area is 128 Å². The molecule has 6 heteroatoms. The average Bonchev–Trinajstić information content (AvgIpc) is 3.01. The lowest BCUT2D eigenvalue weighted by atomic mass is 10.2. The Morgan fingerprint density at radius 3 is 2.50 bits per heavy atom. The molecule has 0 bridgehead atoms. The number of nitrogens with zero attached hydrogens (tertiary/aromatic N) is 4. The van der Waals surface area contributed by atoms with E-state index in [1.165, 1.54) is 0 Å². The molecule has 0 saturated carbocycles. The fourth-order valence-electron chi connectivity index (χ4n) is 2.33. The van der Waals surface area contributed by atoms with E-state index in [-0.39, 0.29) is 0 Å². The number of aromatic nitrogens is 3. The zero-order chi connectivity index (χ0) is 15.5. The molecule has 0 aliphatic carbocycles. The van der Waals surface area contributed by atoms with Crippen molar-refractivity contribution in [3.8, 4) is 11.5 Å². The van der Waals surface area contributed by atoms with Gasteiger partial charge in [-0.1, -0.05) is 0 Å². The van der Waals surface area contributed by atoms with E-state index in [0.29, 0.717) is 6.54 Å². The summed E-state index contributed by atoms with van der Waals surface area (Å²) in [5, 5.41) is 4.15. The van der Waals surface area contributed by atoms with E-state index < -0.39 is 0 Å². The lowest BCUT2D eigenvalue weighted by Gasteiger charge is -2.19. The van der Waals surface area contributed by atoms with Gasteiger partial charge in [-0.15, -0.1) is 0 Å². The van der Waals surface area contributed by atoms with Crippen molar-refractivity contribution in [2.75, 3.05) is 26.2 Å². The van der Waals surface area contributed by atoms with Gasteiger partial charge in [-0.05, 0) is 23.8 Å². The summed E-state index contributed by atoms with van der Waals surface area (Å²) in [6.45, 7) is 0.699. The molecular weight excluding hydrogens is 280 g/mol. The van der Waals surface area contributed by atoms with Crippen molar-refractivity contribution in [1.29, 1.82) is 0 Å². The van der Waals surface area contributed by atoms with Crippen molar-refractivity contribution in [2.45, 2.75) is 6.54 Å². The number of anilines is 1. The first-order valence-electron chi connectivity index (χ1n) is 6.93. The molecule has 0 aliphatic heterocycles. The fourth-order valence-corrected chi connectivity index (χ4v) is 2.33. The van der Waals surface area contributed by atoms with Crippen molar-refractivity contribution < 1.29 is 9.47 Å². The molecule has 0 atom stereocenters. The molecule has 3 rings (SSSR count). The predicted octanol–water partition coefficient (Wildman–Crippen LogP) is 2.38. The third kappa shape index (κ3) is 2.81. The number of rotatable bonds is 5. The van der Waals surface area contributed by atoms with Gasteiger partial charge >= 0.3 is 0 Å². The minimum absolute atomic E-state index is 0.699. The average molecular weight is 298 g/mol. The second-order valence-electron chi connectivity index (χ2n) is 5.00. The molecule has 0 amide bonds. The predicted molar refractivity (Wildman–Crippen MR) is 84.6 cm³/mol. The van der Waals surface area contributed by atoms with Crippen LogP contribution in [0, 0.1) is 0 Å². The zero-order valence-electron chi connectivity index (χ0n) is 12.9. The molecule has 3 aromatic rings. The van der Waals surface area contributed by atoms with Crippen LogP contribution in [0.1, 0.15) is 5.56 Å². The van der Waals surface area contributed by atoms with Crippen LogP contribution in [0.25, 0.3) is 5.65 Å². The molecule has 0 unspecified atom stereocenters. The number of benzene rings is 1. The van der Waals surface area contributed by atoms with Crippen molar-refractivity contribution in [3.05, 3.63) is 48.3 Å². The lowest BCUT2D eigenvalue weighted by molar-refractivity contribution is 0.393. The highest BCUT2D eigenvalue weighted by molar-refractivity contribution is 5.48. The smallest absolute Gasteiger partial charge is 0.157 e. The summed E-state index contributed by atoms with van der Waals surface area (Å²) >= 11 is 0. The Bertz CT molecular complexity index is 762. The van der Waals surface area contributed by atoms with E-state index in [1.54, 1.807) is 24.9 Å². The molecule has 22 heavy (non-hydrogen) atoms. The summed E-state index contributed by atoms with van der Waals surface area (Å²) in [5.41, 5.74) is 1.92. The van der Waals surface area contributed by atoms with Crippen LogP contribution in [0.4, 0.5) is 5.82 Å². The maximum Gasteiger partial charge on any atom is 0.157 e. The first-order valence-corrected chi connectivity index (χ1v) is 6.93. The van der Waals surface area contributed by atoms with Gasteiger partial charge in [0.15, 0.2) is 5.65 Å². The number of methoxy groups -OCH3 is 2. The molecule has 0 saturated heterocycles. The third-order valence-electron chi connectivity index (χ3n) is 3.47. The summed E-state index contributed by atoms with van der Waals surface area (Å²) in [5.74, 6) is 2.44. The van der Waals surface area contributed by atoms with Gasteiger partial charge in [-0.2, -0.15) is 5.10 Å². The van der Waals surface area contributed by atoms with Gasteiger partial charge in [0.2, 0.25) is 0 Å². The van der Waals surface area contributed by atoms with Crippen LogP contribution in [0.2, 0.25) is 0 Å². The number of hydrogen-bond donors (Lipinski definition) is 0. The Morgan fingerprint density at radius 1 is 1.09 bits per heavy atom. The van der Waals surface area contributed by atoms with Crippen molar-refractivity contribution in [3.63, 3.8) is 0 Å². The van der Waals surface area contributed by atoms with Crippen molar-refractivity contribution in [2.24, 2.45) is 0 Å². The molecule has 0 fully saturated rings. The maximum atomic E-state index is 5.31. The van der Waals surface area contributed by atoms with Crippen molar-refractivity contribution >= 4 is 11.5 Å². The van der Waals surface area contributed by atoms with Crippen LogP contribution >= 0.6 is 0 Å². The summed E-state index contributed by atoms with van der Waals surface area (Å²) in [7, 11) is 5.30. The minimum atomic E-state index is 0.699. The number of ether oxygens (including phenoxy) is 2. The van der Waals surface area contributed by atoms with Gasteiger partial charge in [0.1, 0.15) is 17.3 Å². The Hall–Kier alpha value is -2.76. The van der Waals surface area contributed by atoms with Gasteiger partial charge in [0.25, 0.3) is 0 Å². The van der Waals surface area contributed by atoms with Crippen LogP contribution in [-0.4, -0.2) is 35.9 Å². The topological polar surface area (TPSA) is 51.9 Å². The fraction of sp³-hybridized carbons (Fsp3) is 0.250. The monoisotopic (exact) mass is 298 g/mol. The van der Waals surface area contributed by atoms with E-state index in [9.17, 15) is 0 Å². The summed E-state index contributed by atoms with van der Waals surface area (Å²) in [6.07, 6.45) is 3.64. The minimum Gasteiger partial charge on any atom is -0.497 e. The highest BCUT2D eigenvalue weighted by atomic mass is 16.5. The van der Waals surface area contributed by atoms with Crippen molar-refractivity contribution in [1.82, 2.24) is 14.6 Å². The van der Waals surface area contributed by atoms with Crippen LogP contribution < -0.4 is 14.4 Å². The van der Waals surface area contributed by atoms with Gasteiger partial charge in [-0.25, -0.2) is 9.50 Å². The second-order valence-corrected chi connectivity index (χ2v) is 5.00. The third-order valence-corrected chi connectivity index (χ3v) is 3.47. The summed E-state index contributed by atoms with van der Waals surface area (Å²) in [6, 6.07) is 9.68. The van der Waals surface area contributed by atoms with Gasteiger partial charge in [0, 0.05) is 31.9 Å². The van der Waals surface area contributed by atoms with Gasteiger partial charge in [-0.3, -0.25) is 0 Å². The standard InChI is InChI=1S/C16H18N4O2/c1-19(15-5-7-20-16(18-15)4-6-17-20)11-12-8-13(21-2)10-14(9-12)22-3/h4-10H,11H2,1-3H3. The summed E-state index contributed by atoms with van der Waals surface area (Å²) in [4.78, 5) is 6.65. The van der Waals surface area contributed by atoms with Crippen LogP contribution in [0.15, 0.2) is 42.7 Å². The molecule has 1 aromatic carbocycles. The van der Waals surface area contributed by atoms with E-state index in [2.05, 4.69) is 15.0 Å². The Morgan fingerprint density at radius 2 is 1.82 bits per heavy atom. The first-order chi connectivity index (χ1) is 10.7. The second kappa shape index (κ2) is 5.93. The number of fused-ring (bicyclic) bond motifs is 1. The molecule has 0 aliphatic rings. The van der Waals surface area contributed by atoms with Crippen LogP contribution in [-0.2, 0) is 6.54 Å². The number of hydrogen-bond acceptors (Lipinski definition) is 5. The largest absolute Gasteiger partial charge is 0.497 e. The first kappa shape index (κ1) is 14.2. The molecule has 0 N–H and O–H groups in total. The van der Waals surface area contributed by atoms with E-state index in [1.807, 2.05) is 43.6 Å². The quantitative estimate of drug-likeness (QED) is 0.724. The molecule has 114 valence electrons. The highest BCUT2D eigenvalue weighted by Crippen LogP contribution is 2.24. The Kier molecular flexibility index (Phi) is 3.82. The molecular formula is C16H18N4O2. The normalized spacial score (nSPS) is 10.7. The Balaban J connectivity index is 1.85. The summed E-state index contributed by atoms with van der Waals surface area (Å²) < 4.78 is 12.4. The van der Waals surface area contributed by atoms with E-state index >= 15 is 0 Å². The molecule has 0 radical (unpaired) electrons. The van der Waals surface area contributed by atoms with E-state index in [0.717, 1.165) is 28.5 Å². The lowest BCUT2D eigenvalue weighted by Crippen LogP contribution is -2.18. The molecule has 0 spiro atoms. The zero-order valence-corrected chi connectivity index (χ0v) is 12.9. The van der Waals surface area contributed by atoms with Gasteiger partial charge in [0.05, 0.1) is 20.4 Å².